The van der Waals surface area contributed by atoms with Gasteiger partial charge in [-0.3, -0.25) is 14.5 Å². The zero-order chi connectivity index (χ0) is 18.5. The molecule has 1 heterocycles. The summed E-state index contributed by atoms with van der Waals surface area (Å²) >= 11 is 0. The number of carbonyl (C=O) groups excluding carboxylic acids is 2. The van der Waals surface area contributed by atoms with E-state index in [4.69, 9.17) is 0 Å². The van der Waals surface area contributed by atoms with Crippen molar-refractivity contribution in [1.82, 2.24) is 5.32 Å². The average Bonchev–Trinajstić information content (AvgIpc) is 2.81. The molecule has 2 amide bonds. The Hall–Kier alpha value is -2.69. The summed E-state index contributed by atoms with van der Waals surface area (Å²) in [6.45, 7) is 2.21. The summed E-state index contributed by atoms with van der Waals surface area (Å²) in [4.78, 5) is 27.2. The van der Waals surface area contributed by atoms with E-state index in [0.717, 1.165) is 29.7 Å². The normalized spacial score (nSPS) is 15.2. The number of amides is 2. The molecule has 1 unspecified atom stereocenters. The maximum Gasteiger partial charge on any atom is 0.243 e. The summed E-state index contributed by atoms with van der Waals surface area (Å²) in [5, 5.41) is 2.88. The second-order valence-corrected chi connectivity index (χ2v) is 6.51. The van der Waals surface area contributed by atoms with Gasteiger partial charge in [0.1, 0.15) is 11.9 Å². The molecular formula is C21H23FN2O2. The Balaban J connectivity index is 1.79. The molecular weight excluding hydrogens is 331 g/mol. The lowest BCUT2D eigenvalue weighted by molar-refractivity contribution is -0.126. The number of aryl methyl sites for hydroxylation is 1. The molecule has 0 aliphatic carbocycles. The minimum atomic E-state index is -0.554. The molecule has 0 radical (unpaired) electrons. The molecule has 4 nitrogen and oxygen atoms in total. The highest BCUT2D eigenvalue weighted by Gasteiger charge is 2.32. The first-order chi connectivity index (χ1) is 12.6. The van der Waals surface area contributed by atoms with Crippen molar-refractivity contribution >= 4 is 17.5 Å². The molecule has 5 heteroatoms. The fourth-order valence-corrected chi connectivity index (χ4v) is 3.38. The number of hydrogen-bond acceptors (Lipinski definition) is 2. The van der Waals surface area contributed by atoms with Crippen LogP contribution in [0.25, 0.3) is 0 Å². The van der Waals surface area contributed by atoms with Gasteiger partial charge in [-0.2, -0.15) is 0 Å². The van der Waals surface area contributed by atoms with Gasteiger partial charge in [-0.25, -0.2) is 4.39 Å². The molecule has 0 spiro atoms. The third kappa shape index (κ3) is 3.93. The van der Waals surface area contributed by atoms with Crippen molar-refractivity contribution in [1.29, 1.82) is 0 Å². The highest BCUT2D eigenvalue weighted by atomic mass is 19.1. The Bertz CT molecular complexity index is 789. The molecule has 1 atom stereocenters. The van der Waals surface area contributed by atoms with Crippen molar-refractivity contribution < 1.29 is 14.0 Å². The third-order valence-corrected chi connectivity index (χ3v) is 4.74. The molecule has 136 valence electrons. The van der Waals surface area contributed by atoms with E-state index < -0.39 is 6.04 Å². The Morgan fingerprint density at radius 2 is 1.88 bits per heavy atom. The van der Waals surface area contributed by atoms with Crippen LogP contribution in [0.5, 0.6) is 0 Å². The summed E-state index contributed by atoms with van der Waals surface area (Å²) in [6.07, 6.45) is 2.60. The highest BCUT2D eigenvalue weighted by Crippen LogP contribution is 2.29. The summed E-state index contributed by atoms with van der Waals surface area (Å²) < 4.78 is 13.0. The van der Waals surface area contributed by atoms with E-state index in [-0.39, 0.29) is 17.6 Å². The maximum absolute atomic E-state index is 13.0. The molecule has 2 aromatic carbocycles. The second-order valence-electron chi connectivity index (χ2n) is 6.51. The van der Waals surface area contributed by atoms with Crippen LogP contribution in [0.4, 0.5) is 10.1 Å². The van der Waals surface area contributed by atoms with E-state index in [1.165, 1.54) is 12.1 Å². The Labute approximate surface area is 153 Å². The van der Waals surface area contributed by atoms with E-state index in [1.54, 1.807) is 17.0 Å². The van der Waals surface area contributed by atoms with Gasteiger partial charge in [-0.15, -0.1) is 0 Å². The Morgan fingerprint density at radius 1 is 1.15 bits per heavy atom. The number of fused-ring (bicyclic) bond motifs is 1. The fraction of sp³-hybridized carbons (Fsp3) is 0.333. The number of para-hydroxylation sites is 1. The van der Waals surface area contributed by atoms with E-state index in [1.807, 2.05) is 31.2 Å². The summed E-state index contributed by atoms with van der Waals surface area (Å²) in [7, 11) is 0. The predicted octanol–water partition coefficient (Wildman–Crippen LogP) is 3.59. The van der Waals surface area contributed by atoms with Crippen molar-refractivity contribution in [3.05, 3.63) is 65.5 Å². The lowest BCUT2D eigenvalue weighted by atomic mass is 10.1. The highest BCUT2D eigenvalue weighted by molar-refractivity contribution is 6.01. The summed E-state index contributed by atoms with van der Waals surface area (Å²) in [5.74, 6) is -0.515. The molecule has 2 aromatic rings. The fourth-order valence-electron chi connectivity index (χ4n) is 3.38. The first-order valence-corrected chi connectivity index (χ1v) is 9.02. The number of nitrogens with one attached hydrogen (secondary N) is 1. The van der Waals surface area contributed by atoms with Crippen LogP contribution in [0.3, 0.4) is 0 Å². The van der Waals surface area contributed by atoms with Crippen LogP contribution in [-0.4, -0.2) is 17.9 Å². The van der Waals surface area contributed by atoms with Crippen molar-refractivity contribution in [2.75, 3.05) is 4.90 Å². The van der Waals surface area contributed by atoms with Gasteiger partial charge in [0, 0.05) is 18.7 Å². The quantitative estimate of drug-likeness (QED) is 0.892. The second kappa shape index (κ2) is 8.13. The topological polar surface area (TPSA) is 49.4 Å². The number of carbonyl (C=O) groups is 2. The average molecular weight is 354 g/mol. The monoisotopic (exact) mass is 354 g/mol. The number of rotatable bonds is 5. The molecule has 1 aliphatic rings. The molecule has 0 bridgehead atoms. The van der Waals surface area contributed by atoms with Gasteiger partial charge in [-0.05, 0) is 48.6 Å². The lowest BCUT2D eigenvalue weighted by Crippen LogP contribution is -2.49. The van der Waals surface area contributed by atoms with Crippen LogP contribution in [0.15, 0.2) is 48.5 Å². The predicted molar refractivity (Wildman–Crippen MR) is 99.2 cm³/mol. The van der Waals surface area contributed by atoms with Crippen LogP contribution in [0.2, 0.25) is 0 Å². The molecule has 0 saturated carbocycles. The Kier molecular flexibility index (Phi) is 5.66. The van der Waals surface area contributed by atoms with Crippen LogP contribution in [0, 0.1) is 5.82 Å². The zero-order valence-electron chi connectivity index (χ0n) is 14.9. The van der Waals surface area contributed by atoms with Gasteiger partial charge in [0.25, 0.3) is 0 Å². The van der Waals surface area contributed by atoms with E-state index >= 15 is 0 Å². The summed E-state index contributed by atoms with van der Waals surface area (Å²) in [6, 6.07) is 13.3. The van der Waals surface area contributed by atoms with Gasteiger partial charge in [-0.1, -0.05) is 37.3 Å². The van der Waals surface area contributed by atoms with E-state index in [0.29, 0.717) is 19.4 Å². The number of nitrogens with zero attached hydrogens (tertiary/aromatic N) is 1. The van der Waals surface area contributed by atoms with Crippen molar-refractivity contribution in [2.45, 2.75) is 45.2 Å². The van der Waals surface area contributed by atoms with Gasteiger partial charge in [0.15, 0.2) is 0 Å². The molecule has 3 rings (SSSR count). The van der Waals surface area contributed by atoms with Crippen molar-refractivity contribution in [3.63, 3.8) is 0 Å². The Morgan fingerprint density at radius 3 is 2.62 bits per heavy atom. The number of hydrogen-bond donors (Lipinski definition) is 1. The first kappa shape index (κ1) is 18.1. The van der Waals surface area contributed by atoms with Crippen LogP contribution < -0.4 is 10.2 Å². The van der Waals surface area contributed by atoms with Gasteiger partial charge < -0.3 is 5.32 Å². The molecule has 26 heavy (non-hydrogen) atoms. The number of anilines is 1. The van der Waals surface area contributed by atoms with E-state index in [9.17, 15) is 14.0 Å². The minimum Gasteiger partial charge on any atom is -0.350 e. The zero-order valence-corrected chi connectivity index (χ0v) is 14.9. The van der Waals surface area contributed by atoms with E-state index in [2.05, 4.69) is 5.32 Å². The third-order valence-electron chi connectivity index (χ3n) is 4.74. The summed E-state index contributed by atoms with van der Waals surface area (Å²) in [5.41, 5.74) is 2.75. The van der Waals surface area contributed by atoms with Gasteiger partial charge in [0.2, 0.25) is 11.8 Å². The SMILES string of the molecule is CCC(C(=O)NCc1ccc(F)cc1)N1C(=O)CCCc2ccccc21. The van der Waals surface area contributed by atoms with Crippen LogP contribution >= 0.6 is 0 Å². The first-order valence-electron chi connectivity index (χ1n) is 9.02. The van der Waals surface area contributed by atoms with Crippen LogP contribution in [0.1, 0.15) is 37.3 Å². The largest absolute Gasteiger partial charge is 0.350 e. The van der Waals surface area contributed by atoms with Crippen molar-refractivity contribution in [2.24, 2.45) is 0 Å². The molecule has 0 fully saturated rings. The smallest absolute Gasteiger partial charge is 0.243 e. The molecule has 1 aliphatic heterocycles. The maximum atomic E-state index is 13.0. The number of halogens is 1. The lowest BCUT2D eigenvalue weighted by Gasteiger charge is -2.30. The van der Waals surface area contributed by atoms with Crippen molar-refractivity contribution in [3.8, 4) is 0 Å². The minimum absolute atomic E-state index is 0.0151. The van der Waals surface area contributed by atoms with Gasteiger partial charge in [0.05, 0.1) is 0 Å². The van der Waals surface area contributed by atoms with Crippen LogP contribution in [-0.2, 0) is 22.6 Å². The molecule has 0 saturated heterocycles. The standard InChI is InChI=1S/C21H23FN2O2/c1-2-18(21(26)23-14-15-10-12-17(22)13-11-15)24-19-8-4-3-6-16(19)7-5-9-20(24)25/h3-4,6,8,10-13,18H,2,5,7,9,14H2,1H3,(H,23,26). The number of benzene rings is 2. The molecule has 0 aromatic heterocycles. The molecule has 1 N–H and O–H groups in total. The van der Waals surface area contributed by atoms with Gasteiger partial charge >= 0.3 is 0 Å².